The smallest absolute Gasteiger partial charge is 0.232 e. The lowest BCUT2D eigenvalue weighted by Crippen LogP contribution is -2.24. The number of anilines is 1. The van der Waals surface area contributed by atoms with Gasteiger partial charge in [0.15, 0.2) is 11.5 Å². The molecule has 2 aromatic carbocycles. The summed E-state index contributed by atoms with van der Waals surface area (Å²) in [6.45, 7) is 4.81. The second-order valence-electron chi connectivity index (χ2n) is 7.28. The number of carbonyl (C=O) groups is 1. The molecule has 1 aromatic heterocycles. The molecule has 3 heterocycles. The van der Waals surface area contributed by atoms with Crippen LogP contribution in [-0.4, -0.2) is 29.4 Å². The van der Waals surface area contributed by atoms with Crippen molar-refractivity contribution in [1.82, 2.24) is 10.1 Å². The molecule has 0 N–H and O–H groups in total. The molecule has 0 unspecified atom stereocenters. The van der Waals surface area contributed by atoms with E-state index in [1.165, 1.54) is 0 Å². The van der Waals surface area contributed by atoms with Gasteiger partial charge in [0.1, 0.15) is 0 Å². The Labute approximate surface area is 161 Å². The highest BCUT2D eigenvalue weighted by Gasteiger charge is 2.35. The van der Waals surface area contributed by atoms with Crippen LogP contribution in [0.1, 0.15) is 29.4 Å². The van der Waals surface area contributed by atoms with Crippen LogP contribution in [0.5, 0.6) is 11.5 Å². The van der Waals surface area contributed by atoms with E-state index in [1.807, 2.05) is 44.2 Å². The summed E-state index contributed by atoms with van der Waals surface area (Å²) in [7, 11) is 0. The Balaban J connectivity index is 1.38. The molecule has 7 nitrogen and oxygen atoms in total. The summed E-state index contributed by atoms with van der Waals surface area (Å²) < 4.78 is 16.2. The lowest BCUT2D eigenvalue weighted by molar-refractivity contribution is -0.117. The molecule has 5 rings (SSSR count). The maximum Gasteiger partial charge on any atom is 0.232 e. The molecule has 28 heavy (non-hydrogen) atoms. The van der Waals surface area contributed by atoms with E-state index < -0.39 is 0 Å². The summed E-state index contributed by atoms with van der Waals surface area (Å²) in [6, 6.07) is 11.7. The van der Waals surface area contributed by atoms with Gasteiger partial charge in [-0.1, -0.05) is 11.2 Å². The van der Waals surface area contributed by atoms with Gasteiger partial charge in [0.25, 0.3) is 0 Å². The Morgan fingerprint density at radius 2 is 1.82 bits per heavy atom. The molecule has 0 bridgehead atoms. The molecule has 2 aliphatic rings. The predicted octanol–water partition coefficient (Wildman–Crippen LogP) is 3.60. The van der Waals surface area contributed by atoms with E-state index in [0.29, 0.717) is 36.2 Å². The third-order valence-electron chi connectivity index (χ3n) is 5.06. The van der Waals surface area contributed by atoms with Crippen molar-refractivity contribution < 1.29 is 18.8 Å². The van der Waals surface area contributed by atoms with Crippen LogP contribution in [0.15, 0.2) is 40.9 Å². The van der Waals surface area contributed by atoms with Gasteiger partial charge in [0, 0.05) is 24.2 Å². The highest BCUT2D eigenvalue weighted by atomic mass is 16.7. The number of hydrogen-bond acceptors (Lipinski definition) is 6. The zero-order valence-corrected chi connectivity index (χ0v) is 15.6. The quantitative estimate of drug-likeness (QED) is 0.694. The average Bonchev–Trinajstić information content (AvgIpc) is 3.39. The van der Waals surface area contributed by atoms with Crippen LogP contribution in [0.3, 0.4) is 0 Å². The van der Waals surface area contributed by atoms with Crippen molar-refractivity contribution in [3.05, 3.63) is 53.4 Å². The van der Waals surface area contributed by atoms with Gasteiger partial charge in [-0.3, -0.25) is 4.79 Å². The largest absolute Gasteiger partial charge is 0.454 e. The molecular formula is C21H19N3O4. The van der Waals surface area contributed by atoms with E-state index in [1.54, 1.807) is 4.90 Å². The van der Waals surface area contributed by atoms with Gasteiger partial charge in [-0.05, 0) is 55.3 Å². The molecule has 0 saturated carbocycles. The molecule has 1 atom stereocenters. The summed E-state index contributed by atoms with van der Waals surface area (Å²) >= 11 is 0. The standard InChI is InChI=1S/C21H19N3O4/c1-12-5-13(2)7-16(6-12)24-10-15(9-19(24)25)21-22-20(23-28-21)14-3-4-17-18(8-14)27-11-26-17/h3-8,15H,9-11H2,1-2H3/t15-/m1/s1. The molecule has 1 fully saturated rings. The number of hydrogen-bond donors (Lipinski definition) is 0. The van der Waals surface area contributed by atoms with E-state index in [9.17, 15) is 4.79 Å². The maximum atomic E-state index is 12.6. The summed E-state index contributed by atoms with van der Waals surface area (Å²) in [6.07, 6.45) is 0.357. The molecule has 0 aliphatic carbocycles. The molecule has 142 valence electrons. The van der Waals surface area contributed by atoms with Gasteiger partial charge in [0.2, 0.25) is 24.4 Å². The predicted molar refractivity (Wildman–Crippen MR) is 101 cm³/mol. The number of aryl methyl sites for hydroxylation is 2. The Kier molecular flexibility index (Phi) is 3.82. The highest BCUT2D eigenvalue weighted by molar-refractivity contribution is 5.96. The van der Waals surface area contributed by atoms with Crippen LogP contribution >= 0.6 is 0 Å². The molecule has 3 aromatic rings. The average molecular weight is 377 g/mol. The summed E-state index contributed by atoms with van der Waals surface area (Å²) in [5.74, 6) is 2.28. The fourth-order valence-electron chi connectivity index (χ4n) is 3.78. The van der Waals surface area contributed by atoms with E-state index in [0.717, 1.165) is 22.4 Å². The highest BCUT2D eigenvalue weighted by Crippen LogP contribution is 2.36. The van der Waals surface area contributed by atoms with E-state index >= 15 is 0 Å². The number of nitrogens with zero attached hydrogens (tertiary/aromatic N) is 3. The minimum Gasteiger partial charge on any atom is -0.454 e. The number of rotatable bonds is 3. The molecule has 7 heteroatoms. The van der Waals surface area contributed by atoms with Crippen LogP contribution in [0.4, 0.5) is 5.69 Å². The lowest BCUT2D eigenvalue weighted by Gasteiger charge is -2.17. The van der Waals surface area contributed by atoms with Crippen LogP contribution < -0.4 is 14.4 Å². The van der Waals surface area contributed by atoms with E-state index in [-0.39, 0.29) is 18.6 Å². The van der Waals surface area contributed by atoms with Crippen molar-refractivity contribution in [1.29, 1.82) is 0 Å². The summed E-state index contributed by atoms with van der Waals surface area (Å²) in [5.41, 5.74) is 3.97. The van der Waals surface area contributed by atoms with Crippen molar-refractivity contribution >= 4 is 11.6 Å². The number of aromatic nitrogens is 2. The minimum absolute atomic E-state index is 0.0674. The maximum absolute atomic E-state index is 12.6. The summed E-state index contributed by atoms with van der Waals surface area (Å²) in [5, 5.41) is 4.10. The minimum atomic E-state index is -0.122. The van der Waals surface area contributed by atoms with Gasteiger partial charge in [-0.25, -0.2) is 0 Å². The number of benzene rings is 2. The fourth-order valence-corrected chi connectivity index (χ4v) is 3.78. The second kappa shape index (κ2) is 6.37. The molecule has 0 radical (unpaired) electrons. The molecule has 2 aliphatic heterocycles. The number of carbonyl (C=O) groups excluding carboxylic acids is 1. The van der Waals surface area contributed by atoms with Crippen molar-refractivity contribution in [3.8, 4) is 22.9 Å². The molecule has 1 saturated heterocycles. The fraction of sp³-hybridized carbons (Fsp3) is 0.286. The first-order chi connectivity index (χ1) is 13.6. The van der Waals surface area contributed by atoms with Crippen molar-refractivity contribution in [2.75, 3.05) is 18.2 Å². The van der Waals surface area contributed by atoms with Crippen LogP contribution in [0, 0.1) is 13.8 Å². The molecule has 1 amide bonds. The third-order valence-corrected chi connectivity index (χ3v) is 5.06. The van der Waals surface area contributed by atoms with Gasteiger partial charge in [-0.2, -0.15) is 4.98 Å². The van der Waals surface area contributed by atoms with E-state index in [4.69, 9.17) is 14.0 Å². The van der Waals surface area contributed by atoms with Crippen molar-refractivity contribution in [2.24, 2.45) is 0 Å². The Morgan fingerprint density at radius 1 is 1.04 bits per heavy atom. The van der Waals surface area contributed by atoms with Crippen molar-refractivity contribution in [3.63, 3.8) is 0 Å². The zero-order chi connectivity index (χ0) is 19.3. The normalized spacial score (nSPS) is 18.1. The van der Waals surface area contributed by atoms with E-state index in [2.05, 4.69) is 16.2 Å². The number of ether oxygens (including phenoxy) is 2. The third kappa shape index (κ3) is 2.89. The molecular weight excluding hydrogens is 358 g/mol. The lowest BCUT2D eigenvalue weighted by atomic mass is 10.1. The Morgan fingerprint density at radius 3 is 2.64 bits per heavy atom. The Bertz CT molecular complexity index is 1060. The summed E-state index contributed by atoms with van der Waals surface area (Å²) in [4.78, 5) is 18.9. The first-order valence-electron chi connectivity index (χ1n) is 9.19. The monoisotopic (exact) mass is 377 g/mol. The first kappa shape index (κ1) is 16.8. The first-order valence-corrected chi connectivity index (χ1v) is 9.19. The zero-order valence-electron chi connectivity index (χ0n) is 15.6. The van der Waals surface area contributed by atoms with Crippen LogP contribution in [0.2, 0.25) is 0 Å². The van der Waals surface area contributed by atoms with Gasteiger partial charge in [-0.15, -0.1) is 0 Å². The molecule has 0 spiro atoms. The van der Waals surface area contributed by atoms with Crippen LogP contribution in [-0.2, 0) is 4.79 Å². The van der Waals surface area contributed by atoms with Gasteiger partial charge < -0.3 is 18.9 Å². The van der Waals surface area contributed by atoms with Crippen LogP contribution in [0.25, 0.3) is 11.4 Å². The van der Waals surface area contributed by atoms with Gasteiger partial charge in [0.05, 0.1) is 5.92 Å². The van der Waals surface area contributed by atoms with Gasteiger partial charge >= 0.3 is 0 Å². The second-order valence-corrected chi connectivity index (χ2v) is 7.28. The number of fused-ring (bicyclic) bond motifs is 1. The SMILES string of the molecule is Cc1cc(C)cc(N2C[C@H](c3nc(-c4ccc5c(c4)OCO5)no3)CC2=O)c1. The topological polar surface area (TPSA) is 77.7 Å². The van der Waals surface area contributed by atoms with Crippen molar-refractivity contribution in [2.45, 2.75) is 26.2 Å². The Hall–Kier alpha value is -3.35. The number of amides is 1.